The van der Waals surface area contributed by atoms with Crippen molar-refractivity contribution in [1.29, 1.82) is 0 Å². The van der Waals surface area contributed by atoms with Gasteiger partial charge in [0.2, 0.25) is 0 Å². The van der Waals surface area contributed by atoms with E-state index in [0.717, 1.165) is 12.3 Å². The standard InChI is InChI=1S/C17H26N2O2/c1-19(2)17(9-5-4-6-10-17)13-18-12-14-11-15(21-3)7-8-16(14)20/h7-8,11-12,20H,4-6,9-10,13H2,1-3H3. The van der Waals surface area contributed by atoms with Gasteiger partial charge in [-0.25, -0.2) is 0 Å². The van der Waals surface area contributed by atoms with Crippen molar-refractivity contribution in [3.05, 3.63) is 23.8 Å². The molecule has 4 nitrogen and oxygen atoms in total. The predicted molar refractivity (Wildman–Crippen MR) is 86.6 cm³/mol. The molecule has 1 saturated carbocycles. The fourth-order valence-electron chi connectivity index (χ4n) is 3.03. The molecule has 116 valence electrons. The third-order valence-electron chi connectivity index (χ3n) is 4.58. The number of hydrogen-bond acceptors (Lipinski definition) is 4. The zero-order chi connectivity index (χ0) is 15.3. The van der Waals surface area contributed by atoms with Gasteiger partial charge in [-0.15, -0.1) is 0 Å². The second kappa shape index (κ2) is 6.94. The number of nitrogens with zero attached hydrogens (tertiary/aromatic N) is 2. The zero-order valence-electron chi connectivity index (χ0n) is 13.3. The lowest BCUT2D eigenvalue weighted by Gasteiger charge is -2.41. The van der Waals surface area contributed by atoms with Gasteiger partial charge in [-0.2, -0.15) is 0 Å². The molecule has 1 aromatic carbocycles. The van der Waals surface area contributed by atoms with Crippen LogP contribution in [0.3, 0.4) is 0 Å². The van der Waals surface area contributed by atoms with Gasteiger partial charge >= 0.3 is 0 Å². The summed E-state index contributed by atoms with van der Waals surface area (Å²) in [5.41, 5.74) is 0.877. The first-order chi connectivity index (χ1) is 10.1. The fraction of sp³-hybridized carbons (Fsp3) is 0.588. The topological polar surface area (TPSA) is 45.1 Å². The van der Waals surface area contributed by atoms with Crippen LogP contribution in [-0.4, -0.2) is 49.5 Å². The number of phenols is 1. The summed E-state index contributed by atoms with van der Waals surface area (Å²) in [4.78, 5) is 6.93. The summed E-state index contributed by atoms with van der Waals surface area (Å²) < 4.78 is 5.18. The van der Waals surface area contributed by atoms with Gasteiger partial charge in [0, 0.05) is 17.3 Å². The third-order valence-corrected chi connectivity index (χ3v) is 4.58. The number of aliphatic imine (C=N–C) groups is 1. The summed E-state index contributed by atoms with van der Waals surface area (Å²) in [5, 5.41) is 9.88. The van der Waals surface area contributed by atoms with E-state index in [0.29, 0.717) is 5.56 Å². The Labute approximate surface area is 127 Å². The van der Waals surface area contributed by atoms with Crippen molar-refractivity contribution < 1.29 is 9.84 Å². The Morgan fingerprint density at radius 1 is 1.29 bits per heavy atom. The number of rotatable bonds is 5. The summed E-state index contributed by atoms with van der Waals surface area (Å²) in [6, 6.07) is 5.19. The highest BCUT2D eigenvalue weighted by Crippen LogP contribution is 2.32. The van der Waals surface area contributed by atoms with Crippen molar-refractivity contribution in [3.63, 3.8) is 0 Å². The van der Waals surface area contributed by atoms with E-state index in [9.17, 15) is 5.11 Å². The van der Waals surface area contributed by atoms with Crippen molar-refractivity contribution in [2.24, 2.45) is 4.99 Å². The molecule has 0 atom stereocenters. The van der Waals surface area contributed by atoms with Crippen molar-refractivity contribution in [2.75, 3.05) is 27.7 Å². The quantitative estimate of drug-likeness (QED) is 0.848. The monoisotopic (exact) mass is 290 g/mol. The molecule has 4 heteroatoms. The molecule has 0 saturated heterocycles. The summed E-state index contributed by atoms with van der Waals surface area (Å²) in [6.07, 6.45) is 8.03. The van der Waals surface area contributed by atoms with Crippen LogP contribution in [0.4, 0.5) is 0 Å². The molecule has 0 unspecified atom stereocenters. The van der Waals surface area contributed by atoms with E-state index in [4.69, 9.17) is 4.74 Å². The van der Waals surface area contributed by atoms with Crippen LogP contribution in [0.25, 0.3) is 0 Å². The van der Waals surface area contributed by atoms with Gasteiger partial charge in [0.05, 0.1) is 13.7 Å². The smallest absolute Gasteiger partial charge is 0.124 e. The highest BCUT2D eigenvalue weighted by atomic mass is 16.5. The molecule has 0 amide bonds. The van der Waals surface area contributed by atoms with E-state index in [-0.39, 0.29) is 11.3 Å². The number of benzene rings is 1. The minimum atomic E-state index is 0.170. The zero-order valence-corrected chi connectivity index (χ0v) is 13.3. The van der Waals surface area contributed by atoms with Gasteiger partial charge in [0.15, 0.2) is 0 Å². The van der Waals surface area contributed by atoms with Crippen LogP contribution in [0, 0.1) is 0 Å². The maximum atomic E-state index is 9.88. The van der Waals surface area contributed by atoms with Crippen molar-refractivity contribution >= 4 is 6.21 Å². The number of methoxy groups -OCH3 is 1. The maximum Gasteiger partial charge on any atom is 0.124 e. The number of aromatic hydroxyl groups is 1. The van der Waals surface area contributed by atoms with Crippen LogP contribution >= 0.6 is 0 Å². The van der Waals surface area contributed by atoms with Gasteiger partial charge in [-0.1, -0.05) is 19.3 Å². The van der Waals surface area contributed by atoms with Crippen LogP contribution in [-0.2, 0) is 0 Å². The summed E-state index contributed by atoms with van der Waals surface area (Å²) in [5.74, 6) is 0.969. The molecule has 1 aromatic rings. The van der Waals surface area contributed by atoms with Gasteiger partial charge in [0.25, 0.3) is 0 Å². The van der Waals surface area contributed by atoms with E-state index in [2.05, 4.69) is 24.0 Å². The van der Waals surface area contributed by atoms with Crippen molar-refractivity contribution in [2.45, 2.75) is 37.6 Å². The van der Waals surface area contributed by atoms with Gasteiger partial charge in [0.1, 0.15) is 11.5 Å². The van der Waals surface area contributed by atoms with E-state index < -0.39 is 0 Å². The number of likely N-dealkylation sites (N-methyl/N-ethyl adjacent to an activating group) is 1. The first kappa shape index (κ1) is 15.8. The normalized spacial score (nSPS) is 18.3. The molecule has 0 radical (unpaired) electrons. The van der Waals surface area contributed by atoms with Gasteiger partial charge in [-0.3, -0.25) is 4.99 Å². The van der Waals surface area contributed by atoms with E-state index >= 15 is 0 Å². The first-order valence-corrected chi connectivity index (χ1v) is 7.62. The maximum absolute atomic E-state index is 9.88. The number of hydrogen-bond donors (Lipinski definition) is 1. The highest BCUT2D eigenvalue weighted by molar-refractivity contribution is 5.84. The molecule has 1 N–H and O–H groups in total. The summed E-state index contributed by atoms with van der Waals surface area (Å²) in [6.45, 7) is 0.774. The highest BCUT2D eigenvalue weighted by Gasteiger charge is 2.33. The van der Waals surface area contributed by atoms with Crippen LogP contribution in [0.2, 0.25) is 0 Å². The predicted octanol–water partition coefficient (Wildman–Crippen LogP) is 3.08. The summed E-state index contributed by atoms with van der Waals surface area (Å²) in [7, 11) is 5.91. The Balaban J connectivity index is 2.10. The Hall–Kier alpha value is -1.55. The molecular weight excluding hydrogens is 264 g/mol. The molecule has 0 aromatic heterocycles. The average Bonchev–Trinajstić information content (AvgIpc) is 2.50. The molecular formula is C17H26N2O2. The molecule has 1 fully saturated rings. The first-order valence-electron chi connectivity index (χ1n) is 7.62. The van der Waals surface area contributed by atoms with Gasteiger partial charge in [-0.05, 0) is 45.1 Å². The second-order valence-electron chi connectivity index (χ2n) is 6.07. The Bertz CT molecular complexity index is 492. The minimum absolute atomic E-state index is 0.170. The van der Waals surface area contributed by atoms with Crippen LogP contribution < -0.4 is 4.74 Å². The molecule has 21 heavy (non-hydrogen) atoms. The largest absolute Gasteiger partial charge is 0.507 e. The number of phenolic OH excluding ortho intramolecular Hbond substituents is 1. The Morgan fingerprint density at radius 3 is 2.62 bits per heavy atom. The molecule has 1 aliphatic rings. The van der Waals surface area contributed by atoms with Crippen LogP contribution in [0.15, 0.2) is 23.2 Å². The molecule has 2 rings (SSSR count). The van der Waals surface area contributed by atoms with E-state index in [1.807, 2.05) is 6.07 Å². The van der Waals surface area contributed by atoms with E-state index in [1.165, 1.54) is 32.1 Å². The molecule has 0 spiro atoms. The van der Waals surface area contributed by atoms with Crippen LogP contribution in [0.5, 0.6) is 11.5 Å². The van der Waals surface area contributed by atoms with Crippen molar-refractivity contribution in [1.82, 2.24) is 4.90 Å². The molecule has 0 aliphatic heterocycles. The third kappa shape index (κ3) is 3.76. The Morgan fingerprint density at radius 2 is 2.00 bits per heavy atom. The summed E-state index contributed by atoms with van der Waals surface area (Å²) >= 11 is 0. The number of ether oxygens (including phenoxy) is 1. The van der Waals surface area contributed by atoms with Crippen molar-refractivity contribution in [3.8, 4) is 11.5 Å². The SMILES string of the molecule is COc1ccc(O)c(C=NCC2(N(C)C)CCCCC2)c1. The lowest BCUT2D eigenvalue weighted by molar-refractivity contribution is 0.110. The lowest BCUT2D eigenvalue weighted by atomic mass is 9.81. The minimum Gasteiger partial charge on any atom is -0.507 e. The molecule has 0 heterocycles. The fourth-order valence-corrected chi connectivity index (χ4v) is 3.03. The average molecular weight is 290 g/mol. The van der Waals surface area contributed by atoms with Crippen LogP contribution in [0.1, 0.15) is 37.7 Å². The second-order valence-corrected chi connectivity index (χ2v) is 6.07. The molecule has 1 aliphatic carbocycles. The van der Waals surface area contributed by atoms with Gasteiger partial charge < -0.3 is 14.7 Å². The molecule has 0 bridgehead atoms. The van der Waals surface area contributed by atoms with E-state index in [1.54, 1.807) is 25.5 Å². The lowest BCUT2D eigenvalue weighted by Crippen LogP contribution is -2.48. The Kier molecular flexibility index (Phi) is 5.23.